The van der Waals surface area contributed by atoms with Crippen LogP contribution in [0.15, 0.2) is 0 Å². The minimum atomic E-state index is -0.0646. The van der Waals surface area contributed by atoms with Crippen LogP contribution in [0.1, 0.15) is 66.2 Å². The molecular weight excluding hydrogens is 352 g/mol. The lowest BCUT2D eigenvalue weighted by atomic mass is 9.65. The second-order valence-electron chi connectivity index (χ2n) is 9.74. The number of nitrogens with one attached hydrogen (secondary N) is 3. The van der Waals surface area contributed by atoms with Crippen molar-refractivity contribution in [1.82, 2.24) is 20.9 Å². The summed E-state index contributed by atoms with van der Waals surface area (Å²) in [5.74, 6) is 1.87. The first-order valence-electron chi connectivity index (χ1n) is 11.4. The van der Waals surface area contributed by atoms with Crippen LogP contribution in [0.3, 0.4) is 0 Å². The topological polar surface area (TPSA) is 73.5 Å². The van der Waals surface area contributed by atoms with Crippen molar-refractivity contribution in [3.8, 4) is 0 Å². The largest absolute Gasteiger partial charge is 0.342 e. The Kier molecular flexibility index (Phi) is 6.89. The number of hydrogen-bond donors (Lipinski definition) is 3. The van der Waals surface area contributed by atoms with E-state index in [1.165, 1.54) is 0 Å². The normalized spacial score (nSPS) is 39.8. The first-order chi connectivity index (χ1) is 13.3. The molecule has 3 N–H and O–H groups in total. The molecule has 6 heteroatoms. The number of piperidine rings is 2. The standard InChI is InChI=1S/C22H40N4O2/c1-6-14(3)24-22(28)25-17-8-7-13(2)18(11-17)19-10-16-12-23-15(4)9-20(16)26(5)21(19)27/h13-20,23H,6-12H2,1-5H3,(H2,24,25,28). The van der Waals surface area contributed by atoms with Crippen molar-refractivity contribution in [3.63, 3.8) is 0 Å². The molecule has 3 amide bonds. The monoisotopic (exact) mass is 392 g/mol. The molecule has 1 aliphatic carbocycles. The van der Waals surface area contributed by atoms with Gasteiger partial charge in [-0.1, -0.05) is 13.8 Å². The minimum Gasteiger partial charge on any atom is -0.342 e. The van der Waals surface area contributed by atoms with Crippen LogP contribution in [0.4, 0.5) is 4.79 Å². The van der Waals surface area contributed by atoms with Gasteiger partial charge in [-0.3, -0.25) is 4.79 Å². The predicted molar refractivity (Wildman–Crippen MR) is 112 cm³/mol. The van der Waals surface area contributed by atoms with E-state index in [0.29, 0.717) is 35.7 Å². The van der Waals surface area contributed by atoms with Gasteiger partial charge in [0, 0.05) is 43.7 Å². The molecule has 2 aliphatic heterocycles. The van der Waals surface area contributed by atoms with E-state index in [0.717, 1.165) is 45.1 Å². The molecule has 0 radical (unpaired) electrons. The highest BCUT2D eigenvalue weighted by atomic mass is 16.2. The van der Waals surface area contributed by atoms with Crippen LogP contribution < -0.4 is 16.0 Å². The molecule has 0 bridgehead atoms. The molecule has 8 unspecified atom stereocenters. The first kappa shape index (κ1) is 21.4. The molecule has 2 heterocycles. The number of nitrogens with zero attached hydrogens (tertiary/aromatic N) is 1. The van der Waals surface area contributed by atoms with Crippen LogP contribution in [-0.2, 0) is 4.79 Å². The second-order valence-corrected chi connectivity index (χ2v) is 9.74. The van der Waals surface area contributed by atoms with Crippen molar-refractivity contribution in [3.05, 3.63) is 0 Å². The zero-order chi connectivity index (χ0) is 20.4. The lowest BCUT2D eigenvalue weighted by molar-refractivity contribution is -0.148. The zero-order valence-corrected chi connectivity index (χ0v) is 18.3. The molecule has 6 nitrogen and oxygen atoms in total. The second kappa shape index (κ2) is 9.02. The molecule has 0 aromatic carbocycles. The van der Waals surface area contributed by atoms with Crippen LogP contribution >= 0.6 is 0 Å². The molecule has 0 spiro atoms. The van der Waals surface area contributed by atoms with E-state index in [4.69, 9.17) is 0 Å². The van der Waals surface area contributed by atoms with Crippen molar-refractivity contribution in [2.24, 2.45) is 23.7 Å². The van der Waals surface area contributed by atoms with Crippen LogP contribution in [-0.4, -0.2) is 54.6 Å². The Balaban J connectivity index is 1.64. The predicted octanol–water partition coefficient (Wildman–Crippen LogP) is 2.73. The van der Waals surface area contributed by atoms with Gasteiger partial charge in [-0.15, -0.1) is 0 Å². The SMILES string of the molecule is CCC(C)NC(=O)NC1CCC(C)C(C2CC3CNC(C)CC3N(C)C2=O)C1. The van der Waals surface area contributed by atoms with E-state index in [1.807, 2.05) is 14.0 Å². The summed E-state index contributed by atoms with van der Waals surface area (Å²) in [6.45, 7) is 9.62. The van der Waals surface area contributed by atoms with Crippen LogP contribution in [0, 0.1) is 23.7 Å². The Labute approximate surface area is 170 Å². The Morgan fingerprint density at radius 3 is 2.71 bits per heavy atom. The number of amides is 3. The van der Waals surface area contributed by atoms with E-state index >= 15 is 0 Å². The maximum Gasteiger partial charge on any atom is 0.315 e. The maximum absolute atomic E-state index is 13.3. The smallest absolute Gasteiger partial charge is 0.315 e. The fourth-order valence-electron chi connectivity index (χ4n) is 5.65. The molecule has 0 aromatic rings. The van der Waals surface area contributed by atoms with Crippen molar-refractivity contribution < 1.29 is 9.59 Å². The molecule has 8 atom stereocenters. The Morgan fingerprint density at radius 1 is 1.25 bits per heavy atom. The van der Waals surface area contributed by atoms with Gasteiger partial charge < -0.3 is 20.9 Å². The summed E-state index contributed by atoms with van der Waals surface area (Å²) >= 11 is 0. The van der Waals surface area contributed by atoms with Gasteiger partial charge in [0.15, 0.2) is 0 Å². The number of carbonyl (C=O) groups is 2. The van der Waals surface area contributed by atoms with Crippen molar-refractivity contribution in [1.29, 1.82) is 0 Å². The summed E-state index contributed by atoms with van der Waals surface area (Å²) < 4.78 is 0. The van der Waals surface area contributed by atoms with E-state index in [1.54, 1.807) is 0 Å². The number of hydrogen-bond acceptors (Lipinski definition) is 3. The number of fused-ring (bicyclic) bond motifs is 1. The van der Waals surface area contributed by atoms with E-state index in [-0.39, 0.29) is 24.0 Å². The molecule has 0 aromatic heterocycles. The number of carbonyl (C=O) groups excluding carboxylic acids is 2. The van der Waals surface area contributed by atoms with Crippen molar-refractivity contribution in [2.45, 2.75) is 90.4 Å². The molecule has 3 fully saturated rings. The highest BCUT2D eigenvalue weighted by Gasteiger charge is 2.47. The van der Waals surface area contributed by atoms with Crippen LogP contribution in [0.25, 0.3) is 0 Å². The van der Waals surface area contributed by atoms with Gasteiger partial charge in [-0.25, -0.2) is 4.79 Å². The quantitative estimate of drug-likeness (QED) is 0.689. The number of urea groups is 1. The molecule has 3 rings (SSSR count). The third-order valence-electron chi connectivity index (χ3n) is 7.69. The van der Waals surface area contributed by atoms with Crippen molar-refractivity contribution >= 4 is 11.9 Å². The van der Waals surface area contributed by atoms with Crippen molar-refractivity contribution in [2.75, 3.05) is 13.6 Å². The molecule has 28 heavy (non-hydrogen) atoms. The Bertz CT molecular complexity index is 569. The summed E-state index contributed by atoms with van der Waals surface area (Å²) in [6, 6.07) is 1.16. The highest BCUT2D eigenvalue weighted by molar-refractivity contribution is 5.80. The third-order valence-corrected chi connectivity index (χ3v) is 7.69. The van der Waals surface area contributed by atoms with E-state index < -0.39 is 0 Å². The highest BCUT2D eigenvalue weighted by Crippen LogP contribution is 2.43. The van der Waals surface area contributed by atoms with E-state index in [2.05, 4.69) is 41.6 Å². The fourth-order valence-corrected chi connectivity index (χ4v) is 5.65. The summed E-state index contributed by atoms with van der Waals surface area (Å²) in [6.07, 6.45) is 5.98. The third kappa shape index (κ3) is 4.64. The molecule has 3 aliphatic rings. The summed E-state index contributed by atoms with van der Waals surface area (Å²) in [5, 5.41) is 9.79. The maximum atomic E-state index is 13.3. The average Bonchev–Trinajstić information content (AvgIpc) is 2.66. The van der Waals surface area contributed by atoms with E-state index in [9.17, 15) is 9.59 Å². The molecular formula is C22H40N4O2. The van der Waals surface area contributed by atoms with Crippen LogP contribution in [0.5, 0.6) is 0 Å². The lowest BCUT2D eigenvalue weighted by Gasteiger charge is -2.50. The first-order valence-corrected chi connectivity index (χ1v) is 11.4. The van der Waals surface area contributed by atoms with Gasteiger partial charge in [-0.05, 0) is 70.1 Å². The zero-order valence-electron chi connectivity index (χ0n) is 18.3. The van der Waals surface area contributed by atoms with Crippen LogP contribution in [0.2, 0.25) is 0 Å². The molecule has 160 valence electrons. The summed E-state index contributed by atoms with van der Waals surface area (Å²) in [5.41, 5.74) is 0. The summed E-state index contributed by atoms with van der Waals surface area (Å²) in [4.78, 5) is 27.6. The van der Waals surface area contributed by atoms with Gasteiger partial charge in [0.2, 0.25) is 5.91 Å². The van der Waals surface area contributed by atoms with Gasteiger partial charge in [0.25, 0.3) is 0 Å². The lowest BCUT2D eigenvalue weighted by Crippen LogP contribution is -2.60. The summed E-state index contributed by atoms with van der Waals surface area (Å²) in [7, 11) is 2.01. The number of rotatable bonds is 4. The average molecular weight is 393 g/mol. The minimum absolute atomic E-state index is 0.0646. The Hall–Kier alpha value is -1.30. The molecule has 2 saturated heterocycles. The number of likely N-dealkylation sites (tertiary alicyclic amines) is 1. The van der Waals surface area contributed by atoms with Gasteiger partial charge in [0.05, 0.1) is 0 Å². The van der Waals surface area contributed by atoms with Gasteiger partial charge in [-0.2, -0.15) is 0 Å². The fraction of sp³-hybridized carbons (Fsp3) is 0.909. The molecule has 1 saturated carbocycles. The Morgan fingerprint density at radius 2 is 2.00 bits per heavy atom. The van der Waals surface area contributed by atoms with Gasteiger partial charge in [0.1, 0.15) is 0 Å². The van der Waals surface area contributed by atoms with Gasteiger partial charge >= 0.3 is 6.03 Å².